The first-order valence-electron chi connectivity index (χ1n) is 5.55. The topological polar surface area (TPSA) is 77.0 Å². The number of aliphatic hydroxyl groups is 1. The van der Waals surface area contributed by atoms with Crippen molar-refractivity contribution >= 4 is 0 Å². The molecule has 0 unspecified atom stereocenters. The summed E-state index contributed by atoms with van der Waals surface area (Å²) in [4.78, 5) is 0. The van der Waals surface area contributed by atoms with Crippen LogP contribution in [0.3, 0.4) is 0 Å². The van der Waals surface area contributed by atoms with Crippen LogP contribution >= 0.6 is 0 Å². The molecule has 0 saturated heterocycles. The van der Waals surface area contributed by atoms with Crippen LogP contribution < -0.4 is 5.73 Å². The molecule has 0 amide bonds. The molecule has 0 aromatic carbocycles. The predicted octanol–water partition coefficient (Wildman–Crippen LogP) is 0.462. The van der Waals surface area contributed by atoms with Gasteiger partial charge in [0.2, 0.25) is 0 Å². The summed E-state index contributed by atoms with van der Waals surface area (Å²) < 4.78 is 1.92. The van der Waals surface area contributed by atoms with Crippen LogP contribution in [0.5, 0.6) is 0 Å². The van der Waals surface area contributed by atoms with E-state index in [0.717, 1.165) is 43.6 Å². The van der Waals surface area contributed by atoms with Crippen molar-refractivity contribution in [2.45, 2.75) is 45.7 Å². The van der Waals surface area contributed by atoms with Gasteiger partial charge in [0, 0.05) is 19.7 Å². The summed E-state index contributed by atoms with van der Waals surface area (Å²) in [5.74, 6) is 0. The Balaban J connectivity index is 2.64. The number of aliphatic hydroxyl groups excluding tert-OH is 1. The fraction of sp³-hybridized carbons (Fsp3) is 0.800. The summed E-state index contributed by atoms with van der Waals surface area (Å²) in [5, 5.41) is 16.8. The third kappa shape index (κ3) is 3.28. The number of aryl methyl sites for hydroxylation is 1. The van der Waals surface area contributed by atoms with Crippen molar-refractivity contribution in [3.05, 3.63) is 11.4 Å². The van der Waals surface area contributed by atoms with Gasteiger partial charge in [0.05, 0.1) is 11.4 Å². The molecule has 1 heterocycles. The number of aromatic nitrogens is 3. The third-order valence-corrected chi connectivity index (χ3v) is 2.38. The van der Waals surface area contributed by atoms with Crippen LogP contribution in [0.1, 0.15) is 37.6 Å². The van der Waals surface area contributed by atoms with E-state index >= 15 is 0 Å². The average molecular weight is 212 g/mol. The van der Waals surface area contributed by atoms with E-state index in [4.69, 9.17) is 10.8 Å². The number of unbranched alkanes of at least 4 members (excludes halogenated alkanes) is 1. The Morgan fingerprint density at radius 3 is 2.80 bits per heavy atom. The standard InChI is InChI=1S/C10H20N4O/c1-2-5-10-9(8-11)12-13-14(10)6-3-4-7-15/h15H,2-8,11H2,1H3. The zero-order valence-corrected chi connectivity index (χ0v) is 9.32. The summed E-state index contributed by atoms with van der Waals surface area (Å²) >= 11 is 0. The molecule has 1 rings (SSSR count). The second-order valence-corrected chi connectivity index (χ2v) is 3.59. The Hall–Kier alpha value is -0.940. The monoisotopic (exact) mass is 212 g/mol. The van der Waals surface area contributed by atoms with Gasteiger partial charge >= 0.3 is 0 Å². The molecular weight excluding hydrogens is 192 g/mol. The largest absolute Gasteiger partial charge is 0.396 e. The molecule has 1 aromatic heterocycles. The van der Waals surface area contributed by atoms with Crippen molar-refractivity contribution in [2.75, 3.05) is 6.61 Å². The molecule has 0 spiro atoms. The van der Waals surface area contributed by atoms with E-state index in [9.17, 15) is 0 Å². The molecule has 5 nitrogen and oxygen atoms in total. The molecule has 15 heavy (non-hydrogen) atoms. The zero-order valence-electron chi connectivity index (χ0n) is 9.32. The van der Waals surface area contributed by atoms with Crippen molar-refractivity contribution in [1.29, 1.82) is 0 Å². The normalized spacial score (nSPS) is 10.9. The zero-order chi connectivity index (χ0) is 11.1. The lowest BCUT2D eigenvalue weighted by Gasteiger charge is -2.05. The molecular formula is C10H20N4O. The summed E-state index contributed by atoms with van der Waals surface area (Å²) in [6.07, 6.45) is 3.78. The van der Waals surface area contributed by atoms with Gasteiger partial charge in [0.15, 0.2) is 0 Å². The van der Waals surface area contributed by atoms with Gasteiger partial charge in [-0.1, -0.05) is 18.6 Å². The minimum Gasteiger partial charge on any atom is -0.396 e. The van der Waals surface area contributed by atoms with Crippen molar-refractivity contribution in [3.63, 3.8) is 0 Å². The van der Waals surface area contributed by atoms with Crippen LogP contribution in [0.4, 0.5) is 0 Å². The molecule has 0 saturated carbocycles. The van der Waals surface area contributed by atoms with Crippen LogP contribution in [0, 0.1) is 0 Å². The third-order valence-electron chi connectivity index (χ3n) is 2.38. The van der Waals surface area contributed by atoms with Crippen LogP contribution in [0.25, 0.3) is 0 Å². The molecule has 0 radical (unpaired) electrons. The Bertz CT molecular complexity index is 285. The molecule has 0 aliphatic heterocycles. The highest BCUT2D eigenvalue weighted by Gasteiger charge is 2.09. The molecule has 0 bridgehead atoms. The van der Waals surface area contributed by atoms with Crippen molar-refractivity contribution in [3.8, 4) is 0 Å². The highest BCUT2D eigenvalue weighted by Crippen LogP contribution is 2.08. The Kier molecular flexibility index (Phi) is 5.28. The van der Waals surface area contributed by atoms with Crippen LogP contribution in [-0.2, 0) is 19.5 Å². The maximum atomic E-state index is 8.70. The number of rotatable bonds is 7. The van der Waals surface area contributed by atoms with Crippen molar-refractivity contribution < 1.29 is 5.11 Å². The minimum atomic E-state index is 0.238. The first-order valence-corrected chi connectivity index (χ1v) is 5.55. The van der Waals surface area contributed by atoms with Gasteiger partial charge < -0.3 is 10.8 Å². The Labute approximate surface area is 90.3 Å². The van der Waals surface area contributed by atoms with Crippen molar-refractivity contribution in [1.82, 2.24) is 15.0 Å². The minimum absolute atomic E-state index is 0.238. The van der Waals surface area contributed by atoms with Gasteiger partial charge in [-0.15, -0.1) is 5.10 Å². The maximum Gasteiger partial charge on any atom is 0.0994 e. The van der Waals surface area contributed by atoms with Gasteiger partial charge in [-0.25, -0.2) is 4.68 Å². The van der Waals surface area contributed by atoms with Crippen LogP contribution in [0.15, 0.2) is 0 Å². The summed E-state index contributed by atoms with van der Waals surface area (Å²) in [7, 11) is 0. The molecule has 5 heteroatoms. The van der Waals surface area contributed by atoms with E-state index in [1.165, 1.54) is 0 Å². The molecule has 3 N–H and O–H groups in total. The molecule has 0 aliphatic rings. The van der Waals surface area contributed by atoms with E-state index < -0.39 is 0 Å². The van der Waals surface area contributed by atoms with Gasteiger partial charge in [-0.3, -0.25) is 0 Å². The first-order chi connectivity index (χ1) is 7.33. The number of hydrogen-bond acceptors (Lipinski definition) is 4. The fourth-order valence-corrected chi connectivity index (χ4v) is 1.59. The number of nitrogens with zero attached hydrogens (tertiary/aromatic N) is 3. The SMILES string of the molecule is CCCc1c(CN)nnn1CCCCO. The van der Waals surface area contributed by atoms with Gasteiger partial charge in [-0.2, -0.15) is 0 Å². The molecule has 0 fully saturated rings. The molecule has 0 atom stereocenters. The van der Waals surface area contributed by atoms with E-state index in [0.29, 0.717) is 6.54 Å². The summed E-state index contributed by atoms with van der Waals surface area (Å²) in [5.41, 5.74) is 7.65. The second kappa shape index (κ2) is 6.53. The molecule has 0 aliphatic carbocycles. The van der Waals surface area contributed by atoms with E-state index in [-0.39, 0.29) is 6.61 Å². The maximum absolute atomic E-state index is 8.70. The highest BCUT2D eigenvalue weighted by molar-refractivity contribution is 5.09. The predicted molar refractivity (Wildman–Crippen MR) is 58.2 cm³/mol. The lowest BCUT2D eigenvalue weighted by Crippen LogP contribution is -2.08. The van der Waals surface area contributed by atoms with Crippen LogP contribution in [-0.4, -0.2) is 26.7 Å². The fourth-order valence-electron chi connectivity index (χ4n) is 1.59. The lowest BCUT2D eigenvalue weighted by molar-refractivity contribution is 0.279. The molecule has 1 aromatic rings. The second-order valence-electron chi connectivity index (χ2n) is 3.59. The smallest absolute Gasteiger partial charge is 0.0994 e. The summed E-state index contributed by atoms with van der Waals surface area (Å²) in [6, 6.07) is 0. The van der Waals surface area contributed by atoms with Gasteiger partial charge in [0.25, 0.3) is 0 Å². The Morgan fingerprint density at radius 1 is 1.40 bits per heavy atom. The molecule has 86 valence electrons. The Morgan fingerprint density at radius 2 is 2.20 bits per heavy atom. The van der Waals surface area contributed by atoms with E-state index in [2.05, 4.69) is 17.2 Å². The summed E-state index contributed by atoms with van der Waals surface area (Å²) in [6.45, 7) is 3.64. The quantitative estimate of drug-likeness (QED) is 0.644. The van der Waals surface area contributed by atoms with Gasteiger partial charge in [-0.05, 0) is 19.3 Å². The number of hydrogen-bond donors (Lipinski definition) is 2. The first kappa shape index (κ1) is 12.1. The van der Waals surface area contributed by atoms with Crippen molar-refractivity contribution in [2.24, 2.45) is 5.73 Å². The van der Waals surface area contributed by atoms with Crippen LogP contribution in [0.2, 0.25) is 0 Å². The van der Waals surface area contributed by atoms with E-state index in [1.807, 2.05) is 4.68 Å². The highest BCUT2D eigenvalue weighted by atomic mass is 16.2. The van der Waals surface area contributed by atoms with Gasteiger partial charge in [0.1, 0.15) is 0 Å². The van der Waals surface area contributed by atoms with E-state index in [1.54, 1.807) is 0 Å². The average Bonchev–Trinajstić information content (AvgIpc) is 2.62. The lowest BCUT2D eigenvalue weighted by atomic mass is 10.2. The number of nitrogens with two attached hydrogens (primary N) is 1.